The van der Waals surface area contributed by atoms with Crippen LogP contribution in [0.3, 0.4) is 0 Å². The van der Waals surface area contributed by atoms with Crippen LogP contribution >= 0.6 is 11.6 Å². The van der Waals surface area contributed by atoms with E-state index in [1.165, 1.54) is 10.4 Å². The van der Waals surface area contributed by atoms with Gasteiger partial charge < -0.3 is 5.73 Å². The number of nitrogens with zero attached hydrogens (tertiary/aromatic N) is 1. The van der Waals surface area contributed by atoms with E-state index in [1.807, 2.05) is 13.8 Å². The zero-order valence-corrected chi connectivity index (χ0v) is 12.6. The minimum Gasteiger partial charge on any atom is -0.398 e. The summed E-state index contributed by atoms with van der Waals surface area (Å²) in [6.07, 6.45) is 0.731. The van der Waals surface area contributed by atoms with Gasteiger partial charge in [0.2, 0.25) is 10.0 Å². The molecule has 0 aliphatic carbocycles. The van der Waals surface area contributed by atoms with Crippen molar-refractivity contribution in [2.75, 3.05) is 12.8 Å². The molecule has 1 aromatic rings. The van der Waals surface area contributed by atoms with Gasteiger partial charge in [0.25, 0.3) is 0 Å². The van der Waals surface area contributed by atoms with E-state index in [1.54, 1.807) is 20.0 Å². The Labute approximate surface area is 114 Å². The van der Waals surface area contributed by atoms with Crippen LogP contribution in [0.5, 0.6) is 0 Å². The van der Waals surface area contributed by atoms with Gasteiger partial charge in [-0.15, -0.1) is 0 Å². The molecule has 0 saturated carbocycles. The Morgan fingerprint density at radius 2 is 2.00 bits per heavy atom. The van der Waals surface area contributed by atoms with Crippen molar-refractivity contribution in [2.45, 2.75) is 38.1 Å². The number of benzene rings is 1. The molecule has 1 aromatic carbocycles. The highest BCUT2D eigenvalue weighted by Crippen LogP contribution is 2.29. The molecule has 0 fully saturated rings. The minimum absolute atomic E-state index is 0.0649. The smallest absolute Gasteiger partial charge is 0.244 e. The minimum atomic E-state index is -3.60. The zero-order valence-electron chi connectivity index (χ0n) is 11.1. The summed E-state index contributed by atoms with van der Waals surface area (Å²) in [5, 5.41) is 0.205. The summed E-state index contributed by atoms with van der Waals surface area (Å²) in [5.74, 6) is 0. The zero-order chi connectivity index (χ0) is 14.1. The molecule has 0 saturated heterocycles. The van der Waals surface area contributed by atoms with Crippen LogP contribution in [0.15, 0.2) is 17.0 Å². The molecule has 4 nitrogen and oxygen atoms in total. The summed E-state index contributed by atoms with van der Waals surface area (Å²) in [6.45, 7) is 5.57. The van der Waals surface area contributed by atoms with Crippen LogP contribution in [0.1, 0.15) is 25.8 Å². The van der Waals surface area contributed by atoms with Gasteiger partial charge in [-0.25, -0.2) is 8.42 Å². The first-order chi connectivity index (χ1) is 8.21. The maximum absolute atomic E-state index is 12.4. The van der Waals surface area contributed by atoms with Gasteiger partial charge in [-0.3, -0.25) is 0 Å². The lowest BCUT2D eigenvalue weighted by atomic mass is 10.2. The molecular weight excluding hydrogens is 272 g/mol. The predicted octanol–water partition coefficient (Wildman–Crippen LogP) is 2.65. The maximum Gasteiger partial charge on any atom is 0.244 e. The number of sulfonamides is 1. The Bertz CT molecular complexity index is 543. The van der Waals surface area contributed by atoms with E-state index in [2.05, 4.69) is 0 Å². The highest BCUT2D eigenvalue weighted by Gasteiger charge is 2.27. The van der Waals surface area contributed by atoms with Gasteiger partial charge in [0.1, 0.15) is 4.90 Å². The van der Waals surface area contributed by atoms with Crippen molar-refractivity contribution in [2.24, 2.45) is 0 Å². The standard InChI is InChI=1S/C12H19ClN2O2S/c1-5-9(3)15(4)18(16,17)12-7-11(14)8(2)6-10(12)13/h6-7,9H,5,14H2,1-4H3. The summed E-state index contributed by atoms with van der Waals surface area (Å²) in [7, 11) is -2.05. The van der Waals surface area contributed by atoms with E-state index in [0.717, 1.165) is 12.0 Å². The average Bonchev–Trinajstić information content (AvgIpc) is 2.31. The molecule has 0 heterocycles. The van der Waals surface area contributed by atoms with Gasteiger partial charge in [0.05, 0.1) is 5.02 Å². The number of nitrogen functional groups attached to an aromatic ring is 1. The van der Waals surface area contributed by atoms with Crippen LogP contribution < -0.4 is 5.73 Å². The maximum atomic E-state index is 12.4. The molecule has 102 valence electrons. The lowest BCUT2D eigenvalue weighted by Crippen LogP contribution is -2.34. The van der Waals surface area contributed by atoms with E-state index >= 15 is 0 Å². The van der Waals surface area contributed by atoms with Gasteiger partial charge >= 0.3 is 0 Å². The van der Waals surface area contributed by atoms with Gasteiger partial charge in [0, 0.05) is 18.8 Å². The fourth-order valence-electron chi connectivity index (χ4n) is 1.52. The fourth-order valence-corrected chi connectivity index (χ4v) is 3.54. The number of anilines is 1. The van der Waals surface area contributed by atoms with E-state index in [-0.39, 0.29) is 16.0 Å². The molecular formula is C12H19ClN2O2S. The molecule has 18 heavy (non-hydrogen) atoms. The molecule has 1 unspecified atom stereocenters. The number of hydrogen-bond acceptors (Lipinski definition) is 3. The van der Waals surface area contributed by atoms with E-state index < -0.39 is 10.0 Å². The second kappa shape index (κ2) is 5.47. The van der Waals surface area contributed by atoms with E-state index in [9.17, 15) is 8.42 Å². The van der Waals surface area contributed by atoms with Crippen LogP contribution in [-0.4, -0.2) is 25.8 Å². The highest BCUT2D eigenvalue weighted by atomic mass is 35.5. The van der Waals surface area contributed by atoms with E-state index in [0.29, 0.717) is 5.69 Å². The lowest BCUT2D eigenvalue weighted by Gasteiger charge is -2.24. The van der Waals surface area contributed by atoms with Gasteiger partial charge in [-0.1, -0.05) is 18.5 Å². The molecule has 0 aliphatic heterocycles. The molecule has 1 rings (SSSR count). The summed E-state index contributed by atoms with van der Waals surface area (Å²) in [5.41, 5.74) is 6.95. The molecule has 0 spiro atoms. The number of aryl methyl sites for hydroxylation is 1. The Kier molecular flexibility index (Phi) is 4.64. The first-order valence-corrected chi connectivity index (χ1v) is 7.57. The molecule has 6 heteroatoms. The van der Waals surface area contributed by atoms with Crippen molar-refractivity contribution in [1.29, 1.82) is 0 Å². The second-order valence-electron chi connectivity index (χ2n) is 4.42. The number of halogens is 1. The third kappa shape index (κ3) is 2.79. The van der Waals surface area contributed by atoms with Crippen LogP contribution in [-0.2, 0) is 10.0 Å². The summed E-state index contributed by atoms with van der Waals surface area (Å²) >= 11 is 6.02. The normalized spacial score (nSPS) is 13.9. The summed E-state index contributed by atoms with van der Waals surface area (Å²) < 4.78 is 26.1. The number of rotatable bonds is 4. The molecule has 2 N–H and O–H groups in total. The average molecular weight is 291 g/mol. The summed E-state index contributed by atoms with van der Waals surface area (Å²) in [4.78, 5) is 0.0649. The van der Waals surface area contributed by atoms with Gasteiger partial charge in [0.15, 0.2) is 0 Å². The molecule has 0 bridgehead atoms. The van der Waals surface area contributed by atoms with Crippen LogP contribution in [0.25, 0.3) is 0 Å². The predicted molar refractivity (Wildman–Crippen MR) is 75.3 cm³/mol. The Balaban J connectivity index is 3.33. The van der Waals surface area contributed by atoms with Crippen LogP contribution in [0.4, 0.5) is 5.69 Å². The van der Waals surface area contributed by atoms with Crippen molar-refractivity contribution >= 4 is 27.3 Å². The van der Waals surface area contributed by atoms with Crippen molar-refractivity contribution in [3.8, 4) is 0 Å². The van der Waals surface area contributed by atoms with Crippen LogP contribution in [0.2, 0.25) is 5.02 Å². The lowest BCUT2D eigenvalue weighted by molar-refractivity contribution is 0.380. The third-order valence-electron chi connectivity index (χ3n) is 3.19. The Morgan fingerprint density at radius 3 is 2.50 bits per heavy atom. The third-order valence-corrected chi connectivity index (χ3v) is 5.63. The topological polar surface area (TPSA) is 63.4 Å². The first-order valence-electron chi connectivity index (χ1n) is 5.75. The fraction of sp³-hybridized carbons (Fsp3) is 0.500. The van der Waals surface area contributed by atoms with E-state index in [4.69, 9.17) is 17.3 Å². The SMILES string of the molecule is CCC(C)N(C)S(=O)(=O)c1cc(N)c(C)cc1Cl. The monoisotopic (exact) mass is 290 g/mol. The van der Waals surface area contributed by atoms with Crippen LogP contribution in [0, 0.1) is 6.92 Å². The van der Waals surface area contributed by atoms with Gasteiger partial charge in [-0.2, -0.15) is 4.31 Å². The van der Waals surface area contributed by atoms with Crippen molar-refractivity contribution < 1.29 is 8.42 Å². The number of hydrogen-bond donors (Lipinski definition) is 1. The largest absolute Gasteiger partial charge is 0.398 e. The highest BCUT2D eigenvalue weighted by molar-refractivity contribution is 7.89. The molecule has 1 atom stereocenters. The second-order valence-corrected chi connectivity index (χ2v) is 6.79. The quantitative estimate of drug-likeness (QED) is 0.867. The number of nitrogens with two attached hydrogens (primary N) is 1. The molecule has 0 radical (unpaired) electrons. The Hall–Kier alpha value is -0.780. The molecule has 0 amide bonds. The Morgan fingerprint density at radius 1 is 1.44 bits per heavy atom. The first kappa shape index (κ1) is 15.3. The molecule has 0 aliphatic rings. The van der Waals surface area contributed by atoms with Gasteiger partial charge in [-0.05, 0) is 38.0 Å². The molecule has 0 aromatic heterocycles. The van der Waals surface area contributed by atoms with Crippen molar-refractivity contribution in [1.82, 2.24) is 4.31 Å². The van der Waals surface area contributed by atoms with Crippen molar-refractivity contribution in [3.05, 3.63) is 22.7 Å². The summed E-state index contributed by atoms with van der Waals surface area (Å²) in [6, 6.07) is 2.91. The van der Waals surface area contributed by atoms with Crippen molar-refractivity contribution in [3.63, 3.8) is 0 Å².